The zero-order valence-electron chi connectivity index (χ0n) is 10.6. The van der Waals surface area contributed by atoms with Crippen molar-refractivity contribution in [1.29, 1.82) is 0 Å². The maximum absolute atomic E-state index is 12.4. The van der Waals surface area contributed by atoms with Crippen LogP contribution < -0.4 is 11.3 Å². The number of benzene rings is 1. The second-order valence-electron chi connectivity index (χ2n) is 4.17. The summed E-state index contributed by atoms with van der Waals surface area (Å²) in [6, 6.07) is 3.76. The van der Waals surface area contributed by atoms with Gasteiger partial charge in [-0.3, -0.25) is 5.84 Å². The minimum Gasteiger partial charge on any atom is -0.478 e. The number of sulfonamides is 1. The monoisotopic (exact) mass is 301 g/mol. The third-order valence-corrected chi connectivity index (χ3v) is 4.88. The summed E-state index contributed by atoms with van der Waals surface area (Å²) in [5.41, 5.74) is 2.18. The Morgan fingerprint density at radius 2 is 2.00 bits per heavy atom. The van der Waals surface area contributed by atoms with E-state index < -0.39 is 16.0 Å². The molecule has 110 valence electrons. The normalized spacial score (nSPS) is 16.9. The first-order valence-corrected chi connectivity index (χ1v) is 7.32. The first-order chi connectivity index (χ1) is 9.46. The summed E-state index contributed by atoms with van der Waals surface area (Å²) in [4.78, 5) is 11.0. The molecule has 0 bridgehead atoms. The molecule has 1 aromatic carbocycles. The van der Waals surface area contributed by atoms with Gasteiger partial charge in [-0.25, -0.2) is 13.2 Å². The summed E-state index contributed by atoms with van der Waals surface area (Å²) in [5, 5.41) is 9.07. The van der Waals surface area contributed by atoms with Crippen molar-refractivity contribution < 1.29 is 23.1 Å². The van der Waals surface area contributed by atoms with Crippen LogP contribution in [0.2, 0.25) is 0 Å². The molecule has 1 aromatic rings. The summed E-state index contributed by atoms with van der Waals surface area (Å²) >= 11 is 0. The van der Waals surface area contributed by atoms with Crippen LogP contribution in [0.1, 0.15) is 10.4 Å². The van der Waals surface area contributed by atoms with Gasteiger partial charge in [-0.2, -0.15) is 4.31 Å². The van der Waals surface area contributed by atoms with Crippen molar-refractivity contribution in [3.8, 4) is 0 Å². The maximum atomic E-state index is 12.4. The number of aromatic carboxylic acids is 1. The number of ether oxygens (including phenoxy) is 1. The van der Waals surface area contributed by atoms with Gasteiger partial charge in [-0.1, -0.05) is 0 Å². The highest BCUT2D eigenvalue weighted by Crippen LogP contribution is 2.23. The van der Waals surface area contributed by atoms with E-state index in [4.69, 9.17) is 15.7 Å². The van der Waals surface area contributed by atoms with Crippen LogP contribution in [0.4, 0.5) is 5.69 Å². The van der Waals surface area contributed by atoms with Crippen molar-refractivity contribution in [3.05, 3.63) is 23.8 Å². The van der Waals surface area contributed by atoms with Crippen LogP contribution in [0.15, 0.2) is 23.1 Å². The van der Waals surface area contributed by atoms with E-state index in [0.29, 0.717) is 13.2 Å². The predicted molar refractivity (Wildman–Crippen MR) is 70.8 cm³/mol. The van der Waals surface area contributed by atoms with Gasteiger partial charge in [0.05, 0.1) is 29.4 Å². The van der Waals surface area contributed by atoms with Crippen molar-refractivity contribution in [3.63, 3.8) is 0 Å². The molecule has 1 saturated heterocycles. The fraction of sp³-hybridized carbons (Fsp3) is 0.364. The highest BCUT2D eigenvalue weighted by molar-refractivity contribution is 7.89. The molecule has 0 spiro atoms. The fourth-order valence-electron chi connectivity index (χ4n) is 1.92. The van der Waals surface area contributed by atoms with Crippen molar-refractivity contribution in [2.45, 2.75) is 4.90 Å². The molecule has 0 amide bonds. The molecular formula is C11H15N3O5S. The number of nitrogens with two attached hydrogens (primary N) is 1. The second kappa shape index (κ2) is 5.75. The number of nitrogen functional groups attached to an aromatic ring is 1. The quantitative estimate of drug-likeness (QED) is 0.515. The Morgan fingerprint density at radius 3 is 2.55 bits per heavy atom. The Labute approximate surface area is 116 Å². The maximum Gasteiger partial charge on any atom is 0.337 e. The van der Waals surface area contributed by atoms with E-state index in [1.165, 1.54) is 16.4 Å². The van der Waals surface area contributed by atoms with Crippen LogP contribution in [0.5, 0.6) is 0 Å². The molecule has 1 aliphatic rings. The zero-order chi connectivity index (χ0) is 14.8. The largest absolute Gasteiger partial charge is 0.478 e. The van der Waals surface area contributed by atoms with Gasteiger partial charge in [0.15, 0.2) is 0 Å². The molecule has 1 aliphatic heterocycles. The van der Waals surface area contributed by atoms with Gasteiger partial charge in [-0.15, -0.1) is 0 Å². The van der Waals surface area contributed by atoms with Crippen molar-refractivity contribution in [2.24, 2.45) is 5.84 Å². The van der Waals surface area contributed by atoms with Gasteiger partial charge in [0.25, 0.3) is 0 Å². The number of carboxylic acids is 1. The molecule has 0 atom stereocenters. The molecule has 1 heterocycles. The van der Waals surface area contributed by atoms with Gasteiger partial charge in [0.1, 0.15) is 0 Å². The van der Waals surface area contributed by atoms with Crippen LogP contribution in [-0.4, -0.2) is 50.1 Å². The number of hydrogen-bond donors (Lipinski definition) is 3. The van der Waals surface area contributed by atoms with E-state index in [2.05, 4.69) is 5.43 Å². The number of carboxylic acid groups (broad SMARTS) is 1. The van der Waals surface area contributed by atoms with Gasteiger partial charge < -0.3 is 15.3 Å². The summed E-state index contributed by atoms with van der Waals surface area (Å²) in [6.45, 7) is 1.16. The number of hydrazine groups is 1. The molecule has 9 heteroatoms. The summed E-state index contributed by atoms with van der Waals surface area (Å²) < 4.78 is 31.1. The molecule has 0 aliphatic carbocycles. The van der Waals surface area contributed by atoms with Gasteiger partial charge in [0.2, 0.25) is 10.0 Å². The Bertz CT molecular complexity index is 610. The van der Waals surface area contributed by atoms with Crippen LogP contribution in [0.3, 0.4) is 0 Å². The van der Waals surface area contributed by atoms with Crippen LogP contribution in [0.25, 0.3) is 0 Å². The standard InChI is InChI=1S/C11H15N3O5S/c12-13-10-2-1-8(7-9(10)11(15)16)20(17,18)14-3-5-19-6-4-14/h1-2,7,13H,3-6,12H2,(H,15,16). The van der Waals surface area contributed by atoms with Gasteiger partial charge >= 0.3 is 5.97 Å². The van der Waals surface area contributed by atoms with E-state index >= 15 is 0 Å². The Hall–Kier alpha value is -1.68. The van der Waals surface area contributed by atoms with Crippen LogP contribution in [-0.2, 0) is 14.8 Å². The van der Waals surface area contributed by atoms with E-state index in [1.807, 2.05) is 0 Å². The van der Waals surface area contributed by atoms with Crippen LogP contribution >= 0.6 is 0 Å². The average molecular weight is 301 g/mol. The third-order valence-electron chi connectivity index (χ3n) is 2.98. The topological polar surface area (TPSA) is 122 Å². The van der Waals surface area contributed by atoms with E-state index in [-0.39, 0.29) is 29.2 Å². The number of nitrogens with one attached hydrogen (secondary N) is 1. The first-order valence-electron chi connectivity index (χ1n) is 5.88. The van der Waals surface area contributed by atoms with Gasteiger partial charge in [-0.05, 0) is 18.2 Å². The van der Waals surface area contributed by atoms with Crippen molar-refractivity contribution in [2.75, 3.05) is 31.7 Å². The van der Waals surface area contributed by atoms with Crippen LogP contribution in [0, 0.1) is 0 Å². The smallest absolute Gasteiger partial charge is 0.337 e. The Morgan fingerprint density at radius 1 is 1.35 bits per heavy atom. The zero-order valence-corrected chi connectivity index (χ0v) is 11.4. The minimum absolute atomic E-state index is 0.0733. The van der Waals surface area contributed by atoms with E-state index in [9.17, 15) is 13.2 Å². The summed E-state index contributed by atoms with van der Waals surface area (Å²) in [5.74, 6) is 3.95. The number of carbonyl (C=O) groups is 1. The molecular weight excluding hydrogens is 286 g/mol. The molecule has 0 saturated carbocycles. The first kappa shape index (κ1) is 14.7. The number of anilines is 1. The molecule has 8 nitrogen and oxygen atoms in total. The summed E-state index contributed by atoms with van der Waals surface area (Å²) in [7, 11) is -3.72. The molecule has 0 unspecified atom stereocenters. The van der Waals surface area contributed by atoms with Gasteiger partial charge in [0, 0.05) is 13.1 Å². The highest BCUT2D eigenvalue weighted by Gasteiger charge is 2.27. The molecule has 20 heavy (non-hydrogen) atoms. The molecule has 4 N–H and O–H groups in total. The fourth-order valence-corrected chi connectivity index (χ4v) is 3.36. The number of hydrogen-bond acceptors (Lipinski definition) is 6. The van der Waals surface area contributed by atoms with E-state index in [0.717, 1.165) is 6.07 Å². The lowest BCUT2D eigenvalue weighted by Gasteiger charge is -2.26. The lowest BCUT2D eigenvalue weighted by molar-refractivity contribution is 0.0697. The van der Waals surface area contributed by atoms with Crippen molar-refractivity contribution in [1.82, 2.24) is 4.31 Å². The average Bonchev–Trinajstić information content (AvgIpc) is 2.47. The number of nitrogens with zero attached hydrogens (tertiary/aromatic N) is 1. The molecule has 0 aromatic heterocycles. The number of morpholine rings is 1. The second-order valence-corrected chi connectivity index (χ2v) is 6.11. The lowest BCUT2D eigenvalue weighted by Crippen LogP contribution is -2.40. The Balaban J connectivity index is 2.41. The summed E-state index contributed by atoms with van der Waals surface area (Å²) in [6.07, 6.45) is 0. The third kappa shape index (κ3) is 2.75. The number of rotatable bonds is 4. The highest BCUT2D eigenvalue weighted by atomic mass is 32.2. The SMILES string of the molecule is NNc1ccc(S(=O)(=O)N2CCOCC2)cc1C(=O)O. The van der Waals surface area contributed by atoms with Crippen molar-refractivity contribution >= 4 is 21.7 Å². The molecule has 1 fully saturated rings. The minimum atomic E-state index is -3.72. The lowest BCUT2D eigenvalue weighted by atomic mass is 10.2. The predicted octanol–water partition coefficient (Wildman–Crippen LogP) is -0.309. The van der Waals surface area contributed by atoms with E-state index in [1.54, 1.807) is 0 Å². The molecule has 2 rings (SSSR count). The molecule has 0 radical (unpaired) electrons. The Kier molecular flexibility index (Phi) is 4.23.